The van der Waals surface area contributed by atoms with Crippen LogP contribution in [-0.4, -0.2) is 55.5 Å². The first-order valence-corrected chi connectivity index (χ1v) is 8.62. The van der Waals surface area contributed by atoms with E-state index in [1.807, 2.05) is 44.2 Å². The van der Waals surface area contributed by atoms with Crippen molar-refractivity contribution >= 4 is 0 Å². The van der Waals surface area contributed by atoms with Crippen molar-refractivity contribution in [3.8, 4) is 0 Å². The van der Waals surface area contributed by atoms with Crippen molar-refractivity contribution in [1.29, 1.82) is 0 Å². The summed E-state index contributed by atoms with van der Waals surface area (Å²) in [4.78, 5) is 0. The van der Waals surface area contributed by atoms with Crippen LogP contribution in [0.2, 0.25) is 0 Å². The predicted octanol–water partition coefficient (Wildman–Crippen LogP) is 2.56. The summed E-state index contributed by atoms with van der Waals surface area (Å²) in [6, 6.07) is 9.92. The number of rotatable bonds is 13. The van der Waals surface area contributed by atoms with Crippen LogP contribution < -0.4 is 0 Å². The molecule has 0 amide bonds. The van der Waals surface area contributed by atoms with Crippen LogP contribution in [0, 0.1) is 5.41 Å². The topological polar surface area (TPSA) is 68.2 Å². The van der Waals surface area contributed by atoms with Gasteiger partial charge >= 0.3 is 0 Å². The number of ether oxygens (including phenoxy) is 3. The molecule has 5 nitrogen and oxygen atoms in total. The zero-order chi connectivity index (χ0) is 18.7. The van der Waals surface area contributed by atoms with E-state index in [0.717, 1.165) is 5.56 Å². The zero-order valence-corrected chi connectivity index (χ0v) is 15.6. The lowest BCUT2D eigenvalue weighted by atomic mass is 9.82. The van der Waals surface area contributed by atoms with Gasteiger partial charge in [-0.15, -0.1) is 6.58 Å². The van der Waals surface area contributed by atoms with E-state index in [4.69, 9.17) is 14.2 Å². The quantitative estimate of drug-likeness (QED) is 0.422. The third kappa shape index (κ3) is 7.26. The monoisotopic (exact) mass is 352 g/mol. The van der Waals surface area contributed by atoms with Crippen molar-refractivity contribution in [2.24, 2.45) is 5.41 Å². The average Bonchev–Trinajstić information content (AvgIpc) is 2.62. The molecule has 5 heteroatoms. The minimum absolute atomic E-state index is 0.104. The molecule has 0 radical (unpaired) electrons. The lowest BCUT2D eigenvalue weighted by molar-refractivity contribution is -0.149. The molecule has 1 aromatic rings. The predicted molar refractivity (Wildman–Crippen MR) is 98.3 cm³/mol. The first-order valence-electron chi connectivity index (χ1n) is 8.62. The maximum absolute atomic E-state index is 10.7. The van der Waals surface area contributed by atoms with E-state index >= 15 is 0 Å². The molecule has 0 aliphatic heterocycles. The Hall–Kier alpha value is -1.24. The standard InChI is InChI=1S/C20H32O5/c1-5-12-25-19(20(2,3)15-21)18(22)17(23-4)11-13-24-14-16-9-7-6-8-10-16/h5-10,17-19,21-22H,1,11-15H2,2-4H3/t17-,18+,19-/m0/s1. The minimum atomic E-state index is -0.882. The van der Waals surface area contributed by atoms with E-state index in [2.05, 4.69) is 6.58 Å². The zero-order valence-electron chi connectivity index (χ0n) is 15.6. The van der Waals surface area contributed by atoms with Crippen LogP contribution in [0.3, 0.4) is 0 Å². The Kier molecular flexibility index (Phi) is 9.93. The number of aliphatic hydroxyl groups is 2. The first-order chi connectivity index (χ1) is 12.0. The number of hydrogen-bond donors (Lipinski definition) is 2. The highest BCUT2D eigenvalue weighted by molar-refractivity contribution is 5.13. The van der Waals surface area contributed by atoms with Gasteiger partial charge in [-0.1, -0.05) is 50.3 Å². The third-order valence-corrected chi connectivity index (χ3v) is 4.22. The van der Waals surface area contributed by atoms with Gasteiger partial charge in [0.2, 0.25) is 0 Å². The molecule has 0 aliphatic carbocycles. The summed E-state index contributed by atoms with van der Waals surface area (Å²) in [7, 11) is 1.56. The van der Waals surface area contributed by atoms with Gasteiger partial charge in [0.1, 0.15) is 6.10 Å². The van der Waals surface area contributed by atoms with Gasteiger partial charge in [-0.3, -0.25) is 0 Å². The summed E-state index contributed by atoms with van der Waals surface area (Å²) in [6.07, 6.45) is 0.246. The van der Waals surface area contributed by atoms with Crippen molar-refractivity contribution in [3.05, 3.63) is 48.6 Å². The molecule has 1 aromatic carbocycles. The molecule has 3 atom stereocenters. The Bertz CT molecular complexity index is 474. The SMILES string of the molecule is C=CCO[C@@H]([C@H](O)[C@H](CCOCc1ccccc1)OC)C(C)(C)CO. The van der Waals surface area contributed by atoms with Crippen LogP contribution in [0.4, 0.5) is 0 Å². The summed E-state index contributed by atoms with van der Waals surface area (Å²) < 4.78 is 16.8. The second-order valence-electron chi connectivity index (χ2n) is 6.78. The van der Waals surface area contributed by atoms with Crippen LogP contribution in [0.15, 0.2) is 43.0 Å². The summed E-state index contributed by atoms with van der Waals surface area (Å²) in [6.45, 7) is 8.50. The van der Waals surface area contributed by atoms with E-state index in [0.29, 0.717) is 26.2 Å². The minimum Gasteiger partial charge on any atom is -0.396 e. The van der Waals surface area contributed by atoms with Crippen LogP contribution in [-0.2, 0) is 20.8 Å². The second kappa shape index (κ2) is 11.4. The van der Waals surface area contributed by atoms with E-state index in [1.54, 1.807) is 13.2 Å². The summed E-state index contributed by atoms with van der Waals surface area (Å²) in [5, 5.41) is 20.4. The molecular formula is C20H32O5. The van der Waals surface area contributed by atoms with Crippen LogP contribution in [0.25, 0.3) is 0 Å². The van der Waals surface area contributed by atoms with Crippen molar-refractivity contribution in [2.45, 2.75) is 45.2 Å². The molecule has 142 valence electrons. The van der Waals surface area contributed by atoms with Gasteiger partial charge < -0.3 is 24.4 Å². The van der Waals surface area contributed by atoms with Gasteiger partial charge in [0.15, 0.2) is 0 Å². The fourth-order valence-corrected chi connectivity index (χ4v) is 2.63. The molecule has 0 unspecified atom stereocenters. The van der Waals surface area contributed by atoms with Crippen LogP contribution >= 0.6 is 0 Å². The molecule has 0 spiro atoms. The lowest BCUT2D eigenvalue weighted by Gasteiger charge is -2.38. The molecule has 0 bridgehead atoms. The smallest absolute Gasteiger partial charge is 0.107 e. The number of aliphatic hydroxyl groups excluding tert-OH is 2. The second-order valence-corrected chi connectivity index (χ2v) is 6.78. The van der Waals surface area contributed by atoms with Gasteiger partial charge in [-0.2, -0.15) is 0 Å². The molecule has 1 rings (SSSR count). The fourth-order valence-electron chi connectivity index (χ4n) is 2.63. The summed E-state index contributed by atoms with van der Waals surface area (Å²) >= 11 is 0. The molecule has 0 heterocycles. The van der Waals surface area contributed by atoms with Gasteiger partial charge in [-0.25, -0.2) is 0 Å². The maximum Gasteiger partial charge on any atom is 0.107 e. The first kappa shape index (κ1) is 21.8. The van der Waals surface area contributed by atoms with E-state index in [1.165, 1.54) is 0 Å². The molecule has 2 N–H and O–H groups in total. The third-order valence-electron chi connectivity index (χ3n) is 4.22. The maximum atomic E-state index is 10.7. The molecule has 0 aliphatic rings. The molecule has 25 heavy (non-hydrogen) atoms. The Labute approximate surface area is 151 Å². The fraction of sp³-hybridized carbons (Fsp3) is 0.600. The Morgan fingerprint density at radius 1 is 1.24 bits per heavy atom. The Balaban J connectivity index is 2.57. The van der Waals surface area contributed by atoms with Crippen molar-refractivity contribution in [3.63, 3.8) is 0 Å². The summed E-state index contributed by atoms with van der Waals surface area (Å²) in [5.41, 5.74) is 0.495. The van der Waals surface area contributed by atoms with Gasteiger partial charge in [0, 0.05) is 19.1 Å². The van der Waals surface area contributed by atoms with Gasteiger partial charge in [0.05, 0.1) is 32.0 Å². The van der Waals surface area contributed by atoms with Crippen LogP contribution in [0.1, 0.15) is 25.8 Å². The van der Waals surface area contributed by atoms with E-state index in [-0.39, 0.29) is 6.61 Å². The normalized spacial score (nSPS) is 15.6. The van der Waals surface area contributed by atoms with E-state index in [9.17, 15) is 10.2 Å². The molecule has 0 saturated carbocycles. The van der Waals surface area contributed by atoms with Crippen molar-refractivity contribution in [2.75, 3.05) is 26.9 Å². The molecule has 0 aromatic heterocycles. The highest BCUT2D eigenvalue weighted by Crippen LogP contribution is 2.28. The Morgan fingerprint density at radius 3 is 2.48 bits per heavy atom. The highest BCUT2D eigenvalue weighted by atomic mass is 16.5. The number of hydrogen-bond acceptors (Lipinski definition) is 5. The Morgan fingerprint density at radius 2 is 1.92 bits per heavy atom. The lowest BCUT2D eigenvalue weighted by Crippen LogP contribution is -2.50. The molecular weight excluding hydrogens is 320 g/mol. The largest absolute Gasteiger partial charge is 0.396 e. The van der Waals surface area contributed by atoms with Crippen molar-refractivity contribution < 1.29 is 24.4 Å². The van der Waals surface area contributed by atoms with E-state index < -0.39 is 23.7 Å². The number of benzene rings is 1. The van der Waals surface area contributed by atoms with Crippen molar-refractivity contribution in [1.82, 2.24) is 0 Å². The van der Waals surface area contributed by atoms with Crippen LogP contribution in [0.5, 0.6) is 0 Å². The molecule has 0 saturated heterocycles. The summed E-state index contributed by atoms with van der Waals surface area (Å²) in [5.74, 6) is 0. The molecule has 0 fully saturated rings. The number of methoxy groups -OCH3 is 1. The van der Waals surface area contributed by atoms with Gasteiger partial charge in [0.25, 0.3) is 0 Å². The van der Waals surface area contributed by atoms with Gasteiger partial charge in [-0.05, 0) is 12.0 Å². The average molecular weight is 352 g/mol. The highest BCUT2D eigenvalue weighted by Gasteiger charge is 2.39.